The van der Waals surface area contributed by atoms with E-state index in [9.17, 15) is 19.2 Å². The summed E-state index contributed by atoms with van der Waals surface area (Å²) in [6.45, 7) is 0. The van der Waals surface area contributed by atoms with Crippen LogP contribution in [0.4, 0.5) is 5.69 Å². The van der Waals surface area contributed by atoms with Gasteiger partial charge in [-0.25, -0.2) is 14.4 Å². The van der Waals surface area contributed by atoms with Crippen LogP contribution < -0.4 is 5.32 Å². The molecule has 8 nitrogen and oxygen atoms in total. The quantitative estimate of drug-likeness (QED) is 0.657. The van der Waals surface area contributed by atoms with Gasteiger partial charge in [-0.2, -0.15) is 0 Å². The summed E-state index contributed by atoms with van der Waals surface area (Å²) >= 11 is 0. The number of benzene rings is 2. The third kappa shape index (κ3) is 3.55. The molecule has 0 heterocycles. The molecule has 0 saturated carbocycles. The Balaban J connectivity index is 2.42. The average Bonchev–Trinajstić information content (AvgIpc) is 2.54. The molecule has 2 aromatic carbocycles. The zero-order valence-corrected chi connectivity index (χ0v) is 12.0. The summed E-state index contributed by atoms with van der Waals surface area (Å²) in [5, 5.41) is 29.4. The SMILES string of the molecule is O=C(O)c1cc(C(=O)O)cc(C(=O)Nc2ccccc2C(=O)O)c1. The highest BCUT2D eigenvalue weighted by Gasteiger charge is 2.17. The number of aromatic carboxylic acids is 3. The van der Waals surface area contributed by atoms with Gasteiger partial charge < -0.3 is 20.6 Å². The van der Waals surface area contributed by atoms with Crippen LogP contribution in [-0.4, -0.2) is 39.1 Å². The highest BCUT2D eigenvalue weighted by atomic mass is 16.4. The predicted molar refractivity (Wildman–Crippen MR) is 81.7 cm³/mol. The Morgan fingerprint density at radius 1 is 0.708 bits per heavy atom. The summed E-state index contributed by atoms with van der Waals surface area (Å²) in [5.41, 5.74) is -1.10. The number of hydrogen-bond acceptors (Lipinski definition) is 4. The fourth-order valence-corrected chi connectivity index (χ4v) is 1.98. The Morgan fingerprint density at radius 3 is 1.71 bits per heavy atom. The second-order valence-electron chi connectivity index (χ2n) is 4.71. The molecule has 0 aliphatic heterocycles. The lowest BCUT2D eigenvalue weighted by atomic mass is 10.0. The van der Waals surface area contributed by atoms with Crippen molar-refractivity contribution in [2.45, 2.75) is 0 Å². The Hall–Kier alpha value is -3.68. The van der Waals surface area contributed by atoms with Crippen LogP contribution in [-0.2, 0) is 0 Å². The maximum atomic E-state index is 12.2. The summed E-state index contributed by atoms with van der Waals surface area (Å²) in [6.07, 6.45) is 0. The molecule has 0 fully saturated rings. The normalized spacial score (nSPS) is 10.0. The monoisotopic (exact) mass is 329 g/mol. The van der Waals surface area contributed by atoms with Crippen LogP contribution in [0.1, 0.15) is 41.4 Å². The molecule has 0 unspecified atom stereocenters. The number of nitrogens with one attached hydrogen (secondary N) is 1. The molecule has 4 N–H and O–H groups in total. The largest absolute Gasteiger partial charge is 0.478 e. The van der Waals surface area contributed by atoms with Crippen molar-refractivity contribution in [2.75, 3.05) is 5.32 Å². The van der Waals surface area contributed by atoms with Gasteiger partial charge in [0.05, 0.1) is 22.4 Å². The first-order valence-corrected chi connectivity index (χ1v) is 6.55. The molecule has 0 saturated heterocycles. The minimum Gasteiger partial charge on any atom is -0.478 e. The van der Waals surface area contributed by atoms with Crippen LogP contribution in [0.2, 0.25) is 0 Å². The van der Waals surface area contributed by atoms with Gasteiger partial charge >= 0.3 is 17.9 Å². The molecule has 0 bridgehead atoms. The highest BCUT2D eigenvalue weighted by Crippen LogP contribution is 2.18. The first-order valence-electron chi connectivity index (χ1n) is 6.55. The number of carbonyl (C=O) groups excluding carboxylic acids is 1. The summed E-state index contributed by atoms with van der Waals surface area (Å²) in [5.74, 6) is -4.86. The van der Waals surface area contributed by atoms with Crippen molar-refractivity contribution in [1.82, 2.24) is 0 Å². The summed E-state index contributed by atoms with van der Waals surface area (Å²) in [7, 11) is 0. The molecule has 122 valence electrons. The van der Waals surface area contributed by atoms with E-state index in [0.29, 0.717) is 0 Å². The van der Waals surface area contributed by atoms with E-state index in [1.807, 2.05) is 0 Å². The second-order valence-corrected chi connectivity index (χ2v) is 4.71. The van der Waals surface area contributed by atoms with Crippen molar-refractivity contribution in [3.05, 3.63) is 64.7 Å². The standard InChI is InChI=1S/C16H11NO7/c18-13(17-12-4-2-1-3-11(12)16(23)24)8-5-9(14(19)20)7-10(6-8)15(21)22/h1-7H,(H,17,18)(H,19,20)(H,21,22)(H,23,24). The van der Waals surface area contributed by atoms with Gasteiger partial charge in [0.1, 0.15) is 0 Å². The zero-order chi connectivity index (χ0) is 17.9. The molecule has 0 aliphatic rings. The lowest BCUT2D eigenvalue weighted by Gasteiger charge is -2.09. The van der Waals surface area contributed by atoms with E-state index in [1.54, 1.807) is 0 Å². The second kappa shape index (κ2) is 6.61. The van der Waals surface area contributed by atoms with Gasteiger partial charge in [-0.05, 0) is 30.3 Å². The van der Waals surface area contributed by atoms with Gasteiger partial charge in [0.15, 0.2) is 0 Å². The molecule has 2 rings (SSSR count). The van der Waals surface area contributed by atoms with Crippen molar-refractivity contribution in [3.63, 3.8) is 0 Å². The number of para-hydroxylation sites is 1. The Morgan fingerprint density at radius 2 is 1.21 bits per heavy atom. The predicted octanol–water partition coefficient (Wildman–Crippen LogP) is 2.03. The number of carboxylic acids is 3. The summed E-state index contributed by atoms with van der Waals surface area (Å²) < 4.78 is 0. The molecule has 0 radical (unpaired) electrons. The first kappa shape index (κ1) is 16.7. The molecule has 1 amide bonds. The Labute approximate surface area is 135 Å². The smallest absolute Gasteiger partial charge is 0.337 e. The molecular weight excluding hydrogens is 318 g/mol. The molecular formula is C16H11NO7. The van der Waals surface area contributed by atoms with Gasteiger partial charge in [0.2, 0.25) is 0 Å². The van der Waals surface area contributed by atoms with Crippen LogP contribution in [0.5, 0.6) is 0 Å². The topological polar surface area (TPSA) is 141 Å². The number of rotatable bonds is 5. The van der Waals surface area contributed by atoms with Crippen molar-refractivity contribution in [1.29, 1.82) is 0 Å². The third-order valence-corrected chi connectivity index (χ3v) is 3.09. The minimum atomic E-state index is -1.39. The lowest BCUT2D eigenvalue weighted by molar-refractivity contribution is 0.0682. The van der Waals surface area contributed by atoms with E-state index in [0.717, 1.165) is 18.2 Å². The zero-order valence-electron chi connectivity index (χ0n) is 12.0. The molecule has 0 atom stereocenters. The fraction of sp³-hybridized carbons (Fsp3) is 0. The number of carbonyl (C=O) groups is 4. The molecule has 0 aliphatic carbocycles. The van der Waals surface area contributed by atoms with Crippen molar-refractivity contribution in [2.24, 2.45) is 0 Å². The van der Waals surface area contributed by atoms with Gasteiger partial charge in [-0.15, -0.1) is 0 Å². The van der Waals surface area contributed by atoms with E-state index in [2.05, 4.69) is 5.32 Å². The third-order valence-electron chi connectivity index (χ3n) is 3.09. The van der Waals surface area contributed by atoms with Crippen LogP contribution >= 0.6 is 0 Å². The average molecular weight is 329 g/mol. The summed E-state index contributed by atoms with van der Waals surface area (Å²) in [6, 6.07) is 8.58. The Kier molecular flexibility index (Phi) is 4.60. The molecule has 24 heavy (non-hydrogen) atoms. The number of amides is 1. The maximum Gasteiger partial charge on any atom is 0.337 e. The first-order chi connectivity index (χ1) is 11.3. The molecule has 0 aromatic heterocycles. The molecule has 2 aromatic rings. The van der Waals surface area contributed by atoms with Crippen molar-refractivity contribution < 1.29 is 34.5 Å². The van der Waals surface area contributed by atoms with Gasteiger partial charge in [-0.1, -0.05) is 12.1 Å². The highest BCUT2D eigenvalue weighted by molar-refractivity contribution is 6.09. The van der Waals surface area contributed by atoms with Crippen molar-refractivity contribution in [3.8, 4) is 0 Å². The maximum absolute atomic E-state index is 12.2. The molecule has 0 spiro atoms. The van der Waals surface area contributed by atoms with Crippen LogP contribution in [0.15, 0.2) is 42.5 Å². The van der Waals surface area contributed by atoms with E-state index >= 15 is 0 Å². The number of hydrogen-bond donors (Lipinski definition) is 4. The minimum absolute atomic E-state index is 0.00704. The number of anilines is 1. The lowest BCUT2D eigenvalue weighted by Crippen LogP contribution is -2.16. The van der Waals surface area contributed by atoms with Crippen LogP contribution in [0.3, 0.4) is 0 Å². The van der Waals surface area contributed by atoms with Crippen LogP contribution in [0.25, 0.3) is 0 Å². The fourth-order valence-electron chi connectivity index (χ4n) is 1.98. The number of carboxylic acid groups (broad SMARTS) is 3. The molecule has 8 heteroatoms. The van der Waals surface area contributed by atoms with E-state index in [1.165, 1.54) is 24.3 Å². The Bertz CT molecular complexity index is 825. The van der Waals surface area contributed by atoms with Gasteiger partial charge in [0, 0.05) is 5.56 Å². The summed E-state index contributed by atoms with van der Waals surface area (Å²) in [4.78, 5) is 45.5. The van der Waals surface area contributed by atoms with Gasteiger partial charge in [-0.3, -0.25) is 4.79 Å². The van der Waals surface area contributed by atoms with Gasteiger partial charge in [0.25, 0.3) is 5.91 Å². The van der Waals surface area contributed by atoms with E-state index < -0.39 is 23.8 Å². The van der Waals surface area contributed by atoms with E-state index in [-0.39, 0.29) is 27.9 Å². The van der Waals surface area contributed by atoms with Crippen LogP contribution in [0, 0.1) is 0 Å². The van der Waals surface area contributed by atoms with Crippen molar-refractivity contribution >= 4 is 29.5 Å². The van der Waals surface area contributed by atoms with E-state index in [4.69, 9.17) is 15.3 Å².